The first kappa shape index (κ1) is 11.8. The molecule has 2 rings (SSSR count). The Morgan fingerprint density at radius 2 is 2.44 bits per heavy atom. The van der Waals surface area contributed by atoms with Crippen LogP contribution in [0.4, 0.5) is 0 Å². The summed E-state index contributed by atoms with van der Waals surface area (Å²) in [6.45, 7) is 2.68. The molecule has 2 unspecified atom stereocenters. The van der Waals surface area contributed by atoms with E-state index in [1.54, 1.807) is 0 Å². The first-order chi connectivity index (χ1) is 7.65. The van der Waals surface area contributed by atoms with Crippen LogP contribution in [0.25, 0.3) is 0 Å². The lowest BCUT2D eigenvalue weighted by Gasteiger charge is -2.27. The summed E-state index contributed by atoms with van der Waals surface area (Å²) in [6, 6.07) is 0.152. The Kier molecular flexibility index (Phi) is 3.73. The number of carbonyl (C=O) groups excluding carboxylic acids is 1. The molecule has 1 saturated heterocycles. The van der Waals surface area contributed by atoms with Crippen LogP contribution in [0.1, 0.15) is 29.6 Å². The lowest BCUT2D eigenvalue weighted by molar-refractivity contribution is 0.0136. The molecule has 1 aliphatic rings. The molecule has 16 heavy (non-hydrogen) atoms. The van der Waals surface area contributed by atoms with E-state index in [1.165, 1.54) is 0 Å². The molecule has 1 aliphatic heterocycles. The molecule has 0 saturated carbocycles. The second-order valence-electron chi connectivity index (χ2n) is 3.74. The first-order valence-electron chi connectivity index (χ1n) is 5.06. The Bertz CT molecular complexity index is 385. The van der Waals surface area contributed by atoms with Crippen molar-refractivity contribution in [3.05, 3.63) is 9.47 Å². The van der Waals surface area contributed by atoms with Gasteiger partial charge in [0.05, 0.1) is 6.10 Å². The summed E-state index contributed by atoms with van der Waals surface area (Å²) in [7, 11) is 0. The van der Waals surface area contributed by atoms with Crippen molar-refractivity contribution >= 4 is 28.8 Å². The van der Waals surface area contributed by atoms with Gasteiger partial charge in [-0.2, -0.15) is 0 Å². The van der Waals surface area contributed by atoms with Gasteiger partial charge >= 0.3 is 0 Å². The van der Waals surface area contributed by atoms with Crippen molar-refractivity contribution in [3.63, 3.8) is 0 Å². The SMILES string of the molecule is CC1CC(NC(=O)c2nnc(Cl)s2)CCO1. The van der Waals surface area contributed by atoms with Crippen molar-refractivity contribution in [1.29, 1.82) is 0 Å². The number of amides is 1. The Morgan fingerprint density at radius 1 is 1.62 bits per heavy atom. The number of ether oxygens (including phenoxy) is 1. The van der Waals surface area contributed by atoms with Gasteiger partial charge in [-0.3, -0.25) is 4.79 Å². The van der Waals surface area contributed by atoms with Crippen LogP contribution in [0.3, 0.4) is 0 Å². The fraction of sp³-hybridized carbons (Fsp3) is 0.667. The van der Waals surface area contributed by atoms with Gasteiger partial charge < -0.3 is 10.1 Å². The fourth-order valence-electron chi connectivity index (χ4n) is 1.67. The molecule has 0 spiro atoms. The Morgan fingerprint density at radius 3 is 3.06 bits per heavy atom. The molecule has 88 valence electrons. The zero-order valence-electron chi connectivity index (χ0n) is 8.77. The van der Waals surface area contributed by atoms with Crippen LogP contribution >= 0.6 is 22.9 Å². The molecular weight excluding hydrogens is 250 g/mol. The minimum atomic E-state index is -0.205. The molecule has 7 heteroatoms. The zero-order chi connectivity index (χ0) is 11.5. The second-order valence-corrected chi connectivity index (χ2v) is 5.30. The van der Waals surface area contributed by atoms with Gasteiger partial charge in [-0.1, -0.05) is 11.3 Å². The van der Waals surface area contributed by atoms with Crippen molar-refractivity contribution in [2.24, 2.45) is 0 Å². The van der Waals surface area contributed by atoms with Gasteiger partial charge in [0.1, 0.15) is 0 Å². The van der Waals surface area contributed by atoms with Crippen molar-refractivity contribution in [2.75, 3.05) is 6.61 Å². The monoisotopic (exact) mass is 261 g/mol. The maximum absolute atomic E-state index is 11.7. The highest BCUT2D eigenvalue weighted by Crippen LogP contribution is 2.17. The minimum absolute atomic E-state index is 0.152. The number of carbonyl (C=O) groups is 1. The van der Waals surface area contributed by atoms with Gasteiger partial charge in [0.25, 0.3) is 5.91 Å². The summed E-state index contributed by atoms with van der Waals surface area (Å²) < 4.78 is 5.68. The number of nitrogens with zero attached hydrogens (tertiary/aromatic N) is 2. The van der Waals surface area contributed by atoms with E-state index < -0.39 is 0 Å². The van der Waals surface area contributed by atoms with Crippen LogP contribution in [-0.4, -0.2) is 34.9 Å². The van der Waals surface area contributed by atoms with Gasteiger partial charge in [0.2, 0.25) is 9.47 Å². The number of aromatic nitrogens is 2. The third kappa shape index (κ3) is 2.90. The van der Waals surface area contributed by atoms with Crippen LogP contribution in [0.15, 0.2) is 0 Å². The largest absolute Gasteiger partial charge is 0.378 e. The Hall–Kier alpha value is -0.720. The normalized spacial score (nSPS) is 25.4. The van der Waals surface area contributed by atoms with Gasteiger partial charge in [-0.15, -0.1) is 10.2 Å². The van der Waals surface area contributed by atoms with E-state index in [0.717, 1.165) is 24.2 Å². The molecule has 5 nitrogen and oxygen atoms in total. The summed E-state index contributed by atoms with van der Waals surface area (Å²) in [6.07, 6.45) is 1.86. The standard InChI is InChI=1S/C9H12ClN3O2S/c1-5-4-6(2-3-15-5)11-7(14)8-12-13-9(10)16-8/h5-6H,2-4H2,1H3,(H,11,14). The van der Waals surface area contributed by atoms with Crippen molar-refractivity contribution in [3.8, 4) is 0 Å². The van der Waals surface area contributed by atoms with Crippen molar-refractivity contribution in [1.82, 2.24) is 15.5 Å². The quantitative estimate of drug-likeness (QED) is 0.876. The number of halogens is 1. The van der Waals surface area contributed by atoms with Gasteiger partial charge in [-0.25, -0.2) is 0 Å². The molecule has 1 fully saturated rings. The molecule has 1 aromatic rings. The summed E-state index contributed by atoms with van der Waals surface area (Å²) >= 11 is 6.70. The maximum atomic E-state index is 11.7. The van der Waals surface area contributed by atoms with Crippen LogP contribution in [0.2, 0.25) is 4.47 Å². The van der Waals surface area contributed by atoms with Gasteiger partial charge in [0.15, 0.2) is 0 Å². The maximum Gasteiger partial charge on any atom is 0.282 e. The molecule has 0 aromatic carbocycles. The van der Waals surface area contributed by atoms with E-state index in [9.17, 15) is 4.79 Å². The molecule has 2 atom stereocenters. The van der Waals surface area contributed by atoms with Crippen molar-refractivity contribution in [2.45, 2.75) is 31.9 Å². The summed E-state index contributed by atoms with van der Waals surface area (Å²) in [5, 5.41) is 10.5. The van der Waals surface area contributed by atoms with E-state index in [2.05, 4.69) is 15.5 Å². The highest BCUT2D eigenvalue weighted by molar-refractivity contribution is 7.17. The first-order valence-corrected chi connectivity index (χ1v) is 6.26. The predicted octanol–water partition coefficient (Wildman–Crippen LogP) is 1.49. The zero-order valence-corrected chi connectivity index (χ0v) is 10.3. The minimum Gasteiger partial charge on any atom is -0.378 e. The van der Waals surface area contributed by atoms with E-state index >= 15 is 0 Å². The molecule has 0 radical (unpaired) electrons. The van der Waals surface area contributed by atoms with E-state index in [1.807, 2.05) is 6.92 Å². The Balaban J connectivity index is 1.92. The molecule has 2 heterocycles. The topological polar surface area (TPSA) is 64.1 Å². The van der Waals surface area contributed by atoms with Gasteiger partial charge in [0, 0.05) is 12.6 Å². The lowest BCUT2D eigenvalue weighted by Crippen LogP contribution is -2.41. The number of hydrogen-bond acceptors (Lipinski definition) is 5. The highest BCUT2D eigenvalue weighted by Gasteiger charge is 2.22. The molecule has 0 bridgehead atoms. The third-order valence-corrected chi connectivity index (χ3v) is 3.43. The molecule has 0 aliphatic carbocycles. The van der Waals surface area contributed by atoms with Crippen LogP contribution in [-0.2, 0) is 4.74 Å². The van der Waals surface area contributed by atoms with E-state index in [0.29, 0.717) is 11.6 Å². The van der Waals surface area contributed by atoms with Gasteiger partial charge in [-0.05, 0) is 31.4 Å². The molecular formula is C9H12ClN3O2S. The average Bonchev–Trinajstić information content (AvgIpc) is 2.65. The number of hydrogen-bond donors (Lipinski definition) is 1. The fourth-order valence-corrected chi connectivity index (χ4v) is 2.40. The molecule has 1 amide bonds. The van der Waals surface area contributed by atoms with E-state index in [4.69, 9.17) is 16.3 Å². The predicted molar refractivity (Wildman–Crippen MR) is 60.8 cm³/mol. The van der Waals surface area contributed by atoms with Crippen molar-refractivity contribution < 1.29 is 9.53 Å². The van der Waals surface area contributed by atoms with Crippen LogP contribution in [0.5, 0.6) is 0 Å². The second kappa shape index (κ2) is 5.07. The summed E-state index contributed by atoms with van der Waals surface area (Å²) in [5.41, 5.74) is 0. The van der Waals surface area contributed by atoms with Crippen LogP contribution < -0.4 is 5.32 Å². The number of rotatable bonds is 2. The third-order valence-electron chi connectivity index (χ3n) is 2.41. The van der Waals surface area contributed by atoms with Crippen LogP contribution in [0, 0.1) is 0 Å². The molecule has 1 N–H and O–H groups in total. The number of nitrogens with one attached hydrogen (secondary N) is 1. The molecule has 1 aromatic heterocycles. The average molecular weight is 262 g/mol. The summed E-state index contributed by atoms with van der Waals surface area (Å²) in [4.78, 5) is 11.7. The Labute approximate surface area is 102 Å². The highest BCUT2D eigenvalue weighted by atomic mass is 35.5. The smallest absolute Gasteiger partial charge is 0.282 e. The lowest BCUT2D eigenvalue weighted by atomic mass is 10.0. The van der Waals surface area contributed by atoms with E-state index in [-0.39, 0.29) is 22.5 Å². The summed E-state index contributed by atoms with van der Waals surface area (Å²) in [5.74, 6) is -0.205.